The number of anilines is 1. The Morgan fingerprint density at radius 1 is 0.795 bits per heavy atom. The van der Waals surface area contributed by atoms with E-state index >= 15 is 0 Å². The lowest BCUT2D eigenvalue weighted by molar-refractivity contribution is -0.143. The number of nitrogens with one attached hydrogen (secondary N) is 1. The zero-order valence-electron chi connectivity index (χ0n) is 20.7. The third-order valence-corrected chi connectivity index (χ3v) is 5.71. The fraction of sp³-hybridized carbons (Fsp3) is 0.222. The Morgan fingerprint density at radius 2 is 1.41 bits per heavy atom. The molecule has 0 fully saturated rings. The molecule has 0 saturated carbocycles. The van der Waals surface area contributed by atoms with E-state index in [0.29, 0.717) is 53.3 Å². The molecule has 0 unspecified atom stereocenters. The second kappa shape index (κ2) is 11.2. The summed E-state index contributed by atoms with van der Waals surface area (Å²) in [5, 5.41) is 3.80. The maximum Gasteiger partial charge on any atom is 0.416 e. The lowest BCUT2D eigenvalue weighted by Crippen LogP contribution is -2.11. The summed E-state index contributed by atoms with van der Waals surface area (Å²) in [5.74, 6) is 1.27. The number of rotatable bonds is 8. The van der Waals surface area contributed by atoms with Crippen molar-refractivity contribution in [3.63, 3.8) is 0 Å². The molecule has 0 aliphatic heterocycles. The third kappa shape index (κ3) is 6.75. The van der Waals surface area contributed by atoms with Gasteiger partial charge in [-0.15, -0.1) is 0 Å². The lowest BCUT2D eigenvalue weighted by Gasteiger charge is -2.14. The first kappa shape index (κ1) is 27.7. The molecule has 0 aliphatic rings. The summed E-state index contributed by atoms with van der Waals surface area (Å²) in [4.78, 5) is 12.9. The van der Waals surface area contributed by atoms with E-state index in [0.717, 1.165) is 11.6 Å². The number of fused-ring (bicyclic) bond motifs is 1. The number of ether oxygens (including phenoxy) is 2. The van der Waals surface area contributed by atoms with Crippen LogP contribution < -0.4 is 14.8 Å². The molecule has 0 bridgehead atoms. The van der Waals surface area contributed by atoms with Crippen molar-refractivity contribution in [2.24, 2.45) is 0 Å². The first-order chi connectivity index (χ1) is 18.5. The Morgan fingerprint density at radius 3 is 2.00 bits per heavy atom. The predicted octanol–water partition coefficient (Wildman–Crippen LogP) is 6.90. The Labute approximate surface area is 219 Å². The number of aromatic nitrogens is 3. The van der Waals surface area contributed by atoms with Crippen LogP contribution in [0.25, 0.3) is 23.1 Å². The smallest absolute Gasteiger partial charge is 0.416 e. The van der Waals surface area contributed by atoms with Gasteiger partial charge in [-0.05, 0) is 60.0 Å². The van der Waals surface area contributed by atoms with Gasteiger partial charge in [-0.25, -0.2) is 9.97 Å². The van der Waals surface area contributed by atoms with Gasteiger partial charge in [0.1, 0.15) is 5.82 Å². The van der Waals surface area contributed by atoms with Crippen molar-refractivity contribution in [2.75, 3.05) is 26.1 Å². The van der Waals surface area contributed by atoms with Crippen molar-refractivity contribution < 1.29 is 35.8 Å². The summed E-state index contributed by atoms with van der Waals surface area (Å²) in [6.07, 6.45) is -3.57. The van der Waals surface area contributed by atoms with Crippen molar-refractivity contribution in [3.05, 3.63) is 82.9 Å². The van der Waals surface area contributed by atoms with Crippen LogP contribution in [0.5, 0.6) is 11.5 Å². The van der Waals surface area contributed by atoms with E-state index in [1.165, 1.54) is 20.3 Å². The second-order valence-electron chi connectivity index (χ2n) is 8.36. The normalized spacial score (nSPS) is 12.2. The van der Waals surface area contributed by atoms with Gasteiger partial charge in [0, 0.05) is 30.4 Å². The molecule has 0 saturated heterocycles. The molecule has 12 heteroatoms. The first-order valence-corrected chi connectivity index (χ1v) is 11.5. The summed E-state index contributed by atoms with van der Waals surface area (Å²) >= 11 is 0. The van der Waals surface area contributed by atoms with Gasteiger partial charge in [-0.2, -0.15) is 26.3 Å². The number of hydrogen-bond acceptors (Lipinski definition) is 6. The fourth-order valence-corrected chi connectivity index (χ4v) is 3.80. The molecule has 0 radical (unpaired) electrons. The highest BCUT2D eigenvalue weighted by Crippen LogP contribution is 2.37. The van der Waals surface area contributed by atoms with Crippen molar-refractivity contribution in [1.82, 2.24) is 15.0 Å². The molecule has 0 amide bonds. The van der Waals surface area contributed by atoms with Crippen LogP contribution in [0.4, 0.5) is 32.2 Å². The minimum Gasteiger partial charge on any atom is -0.493 e. The molecular formula is C27H22F6N4O2. The summed E-state index contributed by atoms with van der Waals surface area (Å²) in [6.45, 7) is 0.468. The molecule has 0 atom stereocenters. The number of benzene rings is 2. The van der Waals surface area contributed by atoms with E-state index in [1.54, 1.807) is 24.5 Å². The molecule has 2 aromatic carbocycles. The van der Waals surface area contributed by atoms with Crippen LogP contribution >= 0.6 is 0 Å². The van der Waals surface area contributed by atoms with E-state index in [9.17, 15) is 26.3 Å². The number of halogens is 6. The highest BCUT2D eigenvalue weighted by atomic mass is 19.4. The van der Waals surface area contributed by atoms with Crippen LogP contribution in [0.1, 0.15) is 28.1 Å². The average Bonchev–Trinajstić information content (AvgIpc) is 2.90. The first-order valence-electron chi connectivity index (χ1n) is 11.5. The van der Waals surface area contributed by atoms with Crippen LogP contribution in [0.3, 0.4) is 0 Å². The van der Waals surface area contributed by atoms with Crippen molar-refractivity contribution >= 4 is 28.9 Å². The van der Waals surface area contributed by atoms with Crippen LogP contribution in [-0.2, 0) is 18.8 Å². The Bertz CT molecular complexity index is 1460. The molecule has 204 valence electrons. The minimum atomic E-state index is -4.95. The van der Waals surface area contributed by atoms with E-state index in [1.807, 2.05) is 12.1 Å². The molecule has 0 spiro atoms. The number of methoxy groups -OCH3 is 2. The average molecular weight is 548 g/mol. The number of pyridine rings is 1. The topological polar surface area (TPSA) is 69.2 Å². The number of hydrogen-bond donors (Lipinski definition) is 1. The van der Waals surface area contributed by atoms with Gasteiger partial charge in [0.25, 0.3) is 0 Å². The van der Waals surface area contributed by atoms with Crippen molar-refractivity contribution in [2.45, 2.75) is 18.8 Å². The second-order valence-corrected chi connectivity index (χ2v) is 8.36. The molecule has 4 rings (SSSR count). The standard InChI is InChI=1S/C27H22F6N4O2/c1-38-22-14-20-21(15-23(22)39-2)36-24(37-25(20)35-10-7-16-5-8-34-9-6-16)4-3-17-11-18(26(28,29)30)13-19(12-17)27(31,32)33/h3-6,8-9,11-15H,7,10H2,1-2H3,(H,35,36,37)/b4-3+. The van der Waals surface area contributed by atoms with Gasteiger partial charge in [-0.1, -0.05) is 6.08 Å². The van der Waals surface area contributed by atoms with Gasteiger partial charge in [0.15, 0.2) is 17.3 Å². The van der Waals surface area contributed by atoms with Gasteiger partial charge >= 0.3 is 12.4 Å². The largest absolute Gasteiger partial charge is 0.493 e. The monoisotopic (exact) mass is 548 g/mol. The molecular weight excluding hydrogens is 526 g/mol. The third-order valence-electron chi connectivity index (χ3n) is 5.71. The Hall–Kier alpha value is -4.35. The lowest BCUT2D eigenvalue weighted by atomic mass is 10.0. The number of alkyl halides is 6. The van der Waals surface area contributed by atoms with Gasteiger partial charge in [0.05, 0.1) is 30.9 Å². The van der Waals surface area contributed by atoms with E-state index in [4.69, 9.17) is 9.47 Å². The Kier molecular flexibility index (Phi) is 7.93. The predicted molar refractivity (Wildman–Crippen MR) is 134 cm³/mol. The van der Waals surface area contributed by atoms with Crippen molar-refractivity contribution in [3.8, 4) is 11.5 Å². The van der Waals surface area contributed by atoms with Gasteiger partial charge < -0.3 is 14.8 Å². The summed E-state index contributed by atoms with van der Waals surface area (Å²) in [6, 6.07) is 8.36. The summed E-state index contributed by atoms with van der Waals surface area (Å²) in [5.41, 5.74) is -1.67. The fourth-order valence-electron chi connectivity index (χ4n) is 3.80. The number of nitrogens with zero attached hydrogens (tertiary/aromatic N) is 3. The molecule has 4 aromatic rings. The SMILES string of the molecule is COc1cc2nc(/C=C/c3cc(C(F)(F)F)cc(C(F)(F)F)c3)nc(NCCc3ccncc3)c2cc1OC. The zero-order valence-corrected chi connectivity index (χ0v) is 20.7. The van der Waals surface area contributed by atoms with E-state index < -0.39 is 23.5 Å². The quantitative estimate of drug-likeness (QED) is 0.242. The maximum absolute atomic E-state index is 13.3. The van der Waals surface area contributed by atoms with Gasteiger partial charge in [-0.3, -0.25) is 4.98 Å². The van der Waals surface area contributed by atoms with Crippen LogP contribution in [0, 0.1) is 0 Å². The zero-order chi connectivity index (χ0) is 28.2. The molecule has 6 nitrogen and oxygen atoms in total. The maximum atomic E-state index is 13.3. The summed E-state index contributed by atoms with van der Waals surface area (Å²) in [7, 11) is 2.92. The summed E-state index contributed by atoms with van der Waals surface area (Å²) < 4.78 is 90.2. The Balaban J connectivity index is 1.74. The molecule has 0 aliphatic carbocycles. The van der Waals surface area contributed by atoms with E-state index in [2.05, 4.69) is 20.3 Å². The van der Waals surface area contributed by atoms with E-state index in [-0.39, 0.29) is 17.5 Å². The molecule has 39 heavy (non-hydrogen) atoms. The van der Waals surface area contributed by atoms with Crippen LogP contribution in [-0.4, -0.2) is 35.7 Å². The minimum absolute atomic E-state index is 0.0621. The van der Waals surface area contributed by atoms with Crippen LogP contribution in [0.15, 0.2) is 54.9 Å². The molecule has 1 N–H and O–H groups in total. The van der Waals surface area contributed by atoms with Gasteiger partial charge in [0.2, 0.25) is 0 Å². The highest BCUT2D eigenvalue weighted by molar-refractivity contribution is 5.92. The molecule has 2 heterocycles. The molecule has 2 aromatic heterocycles. The highest BCUT2D eigenvalue weighted by Gasteiger charge is 2.36. The van der Waals surface area contributed by atoms with Crippen molar-refractivity contribution in [1.29, 1.82) is 0 Å². The van der Waals surface area contributed by atoms with Crippen LogP contribution in [0.2, 0.25) is 0 Å².